The van der Waals surface area contributed by atoms with Crippen LogP contribution in [-0.2, 0) is 0 Å². The molecule has 2 aromatic heterocycles. The first-order valence-corrected chi connectivity index (χ1v) is 8.50. The molecule has 0 aliphatic carbocycles. The van der Waals surface area contributed by atoms with Gasteiger partial charge in [-0.3, -0.25) is 9.20 Å². The van der Waals surface area contributed by atoms with Gasteiger partial charge in [-0.15, -0.1) is 0 Å². The third-order valence-electron chi connectivity index (χ3n) is 3.67. The molecule has 1 aromatic carbocycles. The number of hydrogen-bond acceptors (Lipinski definition) is 3. The van der Waals surface area contributed by atoms with Crippen LogP contribution in [-0.4, -0.2) is 21.9 Å². The largest absolute Gasteiger partial charge is 0.493 e. The Hall–Kier alpha value is -2.53. The van der Waals surface area contributed by atoms with Crippen LogP contribution in [0.1, 0.15) is 30.0 Å². The number of aryl methyl sites for hydroxylation is 1. The van der Waals surface area contributed by atoms with Gasteiger partial charge in [0.2, 0.25) is 0 Å². The lowest BCUT2D eigenvalue weighted by molar-refractivity contribution is 0.102. The van der Waals surface area contributed by atoms with Gasteiger partial charge in [-0.2, -0.15) is 0 Å². The number of benzene rings is 1. The van der Waals surface area contributed by atoms with Gasteiger partial charge >= 0.3 is 0 Å². The van der Waals surface area contributed by atoms with Crippen molar-refractivity contribution in [3.05, 3.63) is 59.0 Å². The van der Waals surface area contributed by atoms with Crippen LogP contribution in [0.5, 0.6) is 5.75 Å². The van der Waals surface area contributed by atoms with Gasteiger partial charge in [0.25, 0.3) is 5.91 Å². The van der Waals surface area contributed by atoms with Gasteiger partial charge in [0.1, 0.15) is 17.1 Å². The van der Waals surface area contributed by atoms with Crippen molar-refractivity contribution in [2.24, 2.45) is 5.92 Å². The molecular weight excluding hydrogens is 338 g/mol. The highest BCUT2D eigenvalue weighted by atomic mass is 35.5. The summed E-state index contributed by atoms with van der Waals surface area (Å²) in [5, 5.41) is 3.48. The van der Waals surface area contributed by atoms with Gasteiger partial charge in [-0.05, 0) is 43.2 Å². The minimum Gasteiger partial charge on any atom is -0.493 e. The van der Waals surface area contributed by atoms with Gasteiger partial charge in [-0.1, -0.05) is 25.4 Å². The van der Waals surface area contributed by atoms with E-state index >= 15 is 0 Å². The number of pyridine rings is 1. The lowest BCUT2D eigenvalue weighted by Crippen LogP contribution is -2.15. The molecule has 3 rings (SSSR count). The molecule has 0 spiro atoms. The molecule has 0 saturated carbocycles. The van der Waals surface area contributed by atoms with Gasteiger partial charge < -0.3 is 10.1 Å². The normalized spacial score (nSPS) is 11.1. The zero-order chi connectivity index (χ0) is 18.0. The number of ether oxygens (including phenoxy) is 1. The van der Waals surface area contributed by atoms with Crippen LogP contribution in [0.25, 0.3) is 5.65 Å². The molecule has 2 heterocycles. The average Bonchev–Trinajstić information content (AvgIpc) is 2.89. The summed E-state index contributed by atoms with van der Waals surface area (Å²) in [4.78, 5) is 17.0. The van der Waals surface area contributed by atoms with Crippen molar-refractivity contribution in [1.82, 2.24) is 9.38 Å². The van der Waals surface area contributed by atoms with E-state index in [1.807, 2.05) is 24.3 Å². The van der Waals surface area contributed by atoms with Gasteiger partial charge in [0.15, 0.2) is 0 Å². The summed E-state index contributed by atoms with van der Waals surface area (Å²) >= 11 is 5.98. The second-order valence-corrected chi connectivity index (χ2v) is 6.74. The molecule has 3 aromatic rings. The standard InChI is InChI=1S/C19H20ClN3O2/c1-12(2)11-25-16-6-4-15(5-7-16)22-19(24)18-13(3)21-17-10-14(20)8-9-23(17)18/h4-10,12H,11H2,1-3H3,(H,22,24). The topological polar surface area (TPSA) is 55.6 Å². The molecule has 6 heteroatoms. The number of halogens is 1. The molecule has 0 bridgehead atoms. The van der Waals surface area contributed by atoms with Crippen molar-refractivity contribution < 1.29 is 9.53 Å². The molecule has 0 unspecified atom stereocenters. The minimum atomic E-state index is -0.219. The number of amides is 1. The second kappa shape index (κ2) is 7.15. The first kappa shape index (κ1) is 17.3. The highest BCUT2D eigenvalue weighted by molar-refractivity contribution is 6.30. The van der Waals surface area contributed by atoms with Crippen molar-refractivity contribution in [3.8, 4) is 5.75 Å². The molecule has 0 radical (unpaired) electrons. The second-order valence-electron chi connectivity index (χ2n) is 6.30. The Morgan fingerprint density at radius 1 is 1.28 bits per heavy atom. The Morgan fingerprint density at radius 2 is 2.00 bits per heavy atom. The lowest BCUT2D eigenvalue weighted by Gasteiger charge is -2.10. The van der Waals surface area contributed by atoms with E-state index < -0.39 is 0 Å². The van der Waals surface area contributed by atoms with Crippen LogP contribution in [0.4, 0.5) is 5.69 Å². The summed E-state index contributed by atoms with van der Waals surface area (Å²) in [6, 6.07) is 10.8. The number of nitrogens with one attached hydrogen (secondary N) is 1. The van der Waals surface area contributed by atoms with Crippen LogP contribution in [0.15, 0.2) is 42.6 Å². The highest BCUT2D eigenvalue weighted by Crippen LogP contribution is 2.20. The van der Waals surface area contributed by atoms with E-state index in [2.05, 4.69) is 24.1 Å². The van der Waals surface area contributed by atoms with E-state index in [9.17, 15) is 4.79 Å². The number of carbonyl (C=O) groups is 1. The number of imidazole rings is 1. The number of carbonyl (C=O) groups excluding carboxylic acids is 1. The van der Waals surface area contributed by atoms with Crippen molar-refractivity contribution >= 4 is 28.8 Å². The van der Waals surface area contributed by atoms with Gasteiger partial charge in [0.05, 0.1) is 12.3 Å². The predicted octanol–water partition coefficient (Wildman–Crippen LogP) is 4.58. The first-order chi connectivity index (χ1) is 11.9. The van der Waals surface area contributed by atoms with E-state index in [4.69, 9.17) is 16.3 Å². The maximum absolute atomic E-state index is 12.7. The van der Waals surface area contributed by atoms with E-state index in [0.717, 1.165) is 5.75 Å². The lowest BCUT2D eigenvalue weighted by atomic mass is 10.2. The maximum Gasteiger partial charge on any atom is 0.274 e. The molecule has 0 aliphatic rings. The molecule has 1 N–H and O–H groups in total. The monoisotopic (exact) mass is 357 g/mol. The number of hydrogen-bond donors (Lipinski definition) is 1. The van der Waals surface area contributed by atoms with Crippen LogP contribution in [0.2, 0.25) is 5.02 Å². The summed E-state index contributed by atoms with van der Waals surface area (Å²) in [5.74, 6) is 1.03. The summed E-state index contributed by atoms with van der Waals surface area (Å²) < 4.78 is 7.38. The fourth-order valence-electron chi connectivity index (χ4n) is 2.50. The van der Waals surface area contributed by atoms with E-state index in [-0.39, 0.29) is 5.91 Å². The third kappa shape index (κ3) is 3.94. The SMILES string of the molecule is Cc1nc2cc(Cl)ccn2c1C(=O)Nc1ccc(OCC(C)C)cc1. The number of aromatic nitrogens is 2. The smallest absolute Gasteiger partial charge is 0.274 e. The quantitative estimate of drug-likeness (QED) is 0.727. The van der Waals surface area contributed by atoms with Crippen LogP contribution in [0.3, 0.4) is 0 Å². The van der Waals surface area contributed by atoms with Crippen molar-refractivity contribution in [1.29, 1.82) is 0 Å². The number of rotatable bonds is 5. The van der Waals surface area contributed by atoms with Crippen LogP contribution < -0.4 is 10.1 Å². The van der Waals surface area contributed by atoms with Crippen molar-refractivity contribution in [2.45, 2.75) is 20.8 Å². The third-order valence-corrected chi connectivity index (χ3v) is 3.91. The first-order valence-electron chi connectivity index (χ1n) is 8.12. The Labute approximate surface area is 151 Å². The summed E-state index contributed by atoms with van der Waals surface area (Å²) in [7, 11) is 0. The van der Waals surface area contributed by atoms with Gasteiger partial charge in [-0.25, -0.2) is 4.98 Å². The average molecular weight is 358 g/mol. The molecule has 25 heavy (non-hydrogen) atoms. The number of nitrogens with zero attached hydrogens (tertiary/aromatic N) is 2. The fraction of sp³-hybridized carbons (Fsp3) is 0.263. The van der Waals surface area contributed by atoms with E-state index in [1.165, 1.54) is 0 Å². The Balaban J connectivity index is 1.77. The summed E-state index contributed by atoms with van der Waals surface area (Å²) in [6.45, 7) is 6.66. The maximum atomic E-state index is 12.7. The van der Waals surface area contributed by atoms with Crippen molar-refractivity contribution in [2.75, 3.05) is 11.9 Å². The molecule has 0 aliphatic heterocycles. The highest BCUT2D eigenvalue weighted by Gasteiger charge is 2.17. The Morgan fingerprint density at radius 3 is 2.68 bits per heavy atom. The van der Waals surface area contributed by atoms with Gasteiger partial charge in [0, 0.05) is 23.0 Å². The number of fused-ring (bicyclic) bond motifs is 1. The van der Waals surface area contributed by atoms with Crippen LogP contribution in [0, 0.1) is 12.8 Å². The molecule has 0 fully saturated rings. The number of anilines is 1. The van der Waals surface area contributed by atoms with E-state index in [0.29, 0.717) is 40.3 Å². The summed E-state index contributed by atoms with van der Waals surface area (Å²) in [5.41, 5.74) is 2.49. The fourth-order valence-corrected chi connectivity index (χ4v) is 2.65. The Bertz CT molecular complexity index is 901. The molecule has 130 valence electrons. The van der Waals surface area contributed by atoms with Crippen molar-refractivity contribution in [3.63, 3.8) is 0 Å². The predicted molar refractivity (Wildman–Crippen MR) is 99.7 cm³/mol. The Kier molecular flexibility index (Phi) is 4.95. The zero-order valence-electron chi connectivity index (χ0n) is 14.4. The van der Waals surface area contributed by atoms with Crippen LogP contribution >= 0.6 is 11.6 Å². The molecule has 5 nitrogen and oxygen atoms in total. The molecule has 1 amide bonds. The molecule has 0 atom stereocenters. The zero-order valence-corrected chi connectivity index (χ0v) is 15.2. The summed E-state index contributed by atoms with van der Waals surface area (Å²) in [6.07, 6.45) is 1.75. The molecule has 0 saturated heterocycles. The van der Waals surface area contributed by atoms with E-state index in [1.54, 1.807) is 29.7 Å². The minimum absolute atomic E-state index is 0.219. The molecular formula is C19H20ClN3O2.